The van der Waals surface area contributed by atoms with Crippen LogP contribution >= 0.6 is 0 Å². The van der Waals surface area contributed by atoms with Crippen LogP contribution in [0.5, 0.6) is 0 Å². The molecule has 0 saturated carbocycles. The zero-order valence-corrected chi connectivity index (χ0v) is 13.4. The van der Waals surface area contributed by atoms with E-state index in [1.807, 2.05) is 20.8 Å². The normalized spacial score (nSPS) is 9.58. The van der Waals surface area contributed by atoms with E-state index in [2.05, 4.69) is 0 Å². The number of hydrogen-bond donors (Lipinski definition) is 2. The molecule has 0 fully saturated rings. The van der Waals surface area contributed by atoms with Gasteiger partial charge in [-0.25, -0.2) is 0 Å². The second-order valence-corrected chi connectivity index (χ2v) is 4.24. The number of carbonyl (C=O) groups excluding carboxylic acids is 2. The molecule has 0 bridgehead atoms. The van der Waals surface area contributed by atoms with Gasteiger partial charge in [-0.3, -0.25) is 0 Å². The first kappa shape index (κ1) is 26.4. The first-order valence-corrected chi connectivity index (χ1v) is 5.81. The van der Waals surface area contributed by atoms with Crippen LogP contribution in [0, 0.1) is 5.41 Å². The number of carboxylic acids is 2. The maximum absolute atomic E-state index is 10.6. The summed E-state index contributed by atoms with van der Waals surface area (Å²) in [5.41, 5.74) is -0.569. The minimum Gasteiger partial charge on any atom is -0.550 e. The van der Waals surface area contributed by atoms with E-state index in [4.69, 9.17) is 0 Å². The van der Waals surface area contributed by atoms with Crippen molar-refractivity contribution in [3.05, 3.63) is 0 Å². The lowest BCUT2D eigenvalue weighted by molar-refractivity contribution is -0.320. The van der Waals surface area contributed by atoms with E-state index in [9.17, 15) is 19.8 Å². The number of carboxylic acid groups (broad SMARTS) is 2. The molecular weight excluding hydrogens is 250 g/mol. The van der Waals surface area contributed by atoms with Crippen LogP contribution in [0.1, 0.15) is 40.0 Å². The molecule has 0 unspecified atom stereocenters. The van der Waals surface area contributed by atoms with Crippen LogP contribution in [0.15, 0.2) is 0 Å². The Hall–Kier alpha value is -1.18. The number of quaternary nitrogens is 2. The molecule has 0 aliphatic carbocycles. The van der Waals surface area contributed by atoms with Crippen LogP contribution in [0.2, 0.25) is 0 Å². The molecule has 0 aromatic rings. The monoisotopic (exact) mass is 281 g/mol. The second kappa shape index (κ2) is 13.3. The summed E-state index contributed by atoms with van der Waals surface area (Å²) in [5, 5.41) is 20.3. The average molecular weight is 281 g/mol. The summed E-state index contributed by atoms with van der Waals surface area (Å²) >= 11 is 0. The molecule has 0 aliphatic rings. The van der Waals surface area contributed by atoms with Crippen molar-refractivity contribution in [2.75, 3.05) is 20.6 Å². The van der Waals surface area contributed by atoms with E-state index >= 15 is 0 Å². The lowest BCUT2D eigenvalue weighted by atomic mass is 9.80. The molecule has 0 heterocycles. The summed E-state index contributed by atoms with van der Waals surface area (Å²) in [5.74, 6) is -1.94. The van der Waals surface area contributed by atoms with Crippen LogP contribution < -0.4 is 22.5 Å². The SMILES string of the molecule is CCC(CC)(CC)C(=O)[O-].CN(C)CC(=O)[O-].[NH4+].[NH4+]. The van der Waals surface area contributed by atoms with Crippen LogP contribution in [0.25, 0.3) is 0 Å². The topological polar surface area (TPSA) is 156 Å². The van der Waals surface area contributed by atoms with E-state index in [0.29, 0.717) is 19.3 Å². The van der Waals surface area contributed by atoms with Gasteiger partial charge in [0.25, 0.3) is 0 Å². The summed E-state index contributed by atoms with van der Waals surface area (Å²) in [7, 11) is 3.35. The molecule has 7 nitrogen and oxygen atoms in total. The van der Waals surface area contributed by atoms with E-state index in [0.717, 1.165) is 0 Å². The number of rotatable bonds is 6. The Morgan fingerprint density at radius 1 is 0.947 bits per heavy atom. The predicted molar refractivity (Wildman–Crippen MR) is 73.8 cm³/mol. The predicted octanol–water partition coefficient (Wildman–Crippen LogP) is 0.00300. The van der Waals surface area contributed by atoms with Crippen LogP contribution in [-0.2, 0) is 9.59 Å². The summed E-state index contributed by atoms with van der Waals surface area (Å²) in [6, 6.07) is 0. The third-order valence-corrected chi connectivity index (χ3v) is 2.91. The van der Waals surface area contributed by atoms with Gasteiger partial charge < -0.3 is 37.0 Å². The maximum Gasteiger partial charge on any atom is 0.0554 e. The van der Waals surface area contributed by atoms with E-state index in [1.165, 1.54) is 4.90 Å². The Morgan fingerprint density at radius 3 is 1.26 bits per heavy atom. The van der Waals surface area contributed by atoms with Gasteiger partial charge in [-0.2, -0.15) is 0 Å². The zero-order valence-electron chi connectivity index (χ0n) is 13.4. The van der Waals surface area contributed by atoms with Gasteiger partial charge in [0.15, 0.2) is 0 Å². The van der Waals surface area contributed by atoms with Gasteiger partial charge in [0.2, 0.25) is 0 Å². The molecule has 0 radical (unpaired) electrons. The van der Waals surface area contributed by atoms with E-state index in [-0.39, 0.29) is 18.8 Å². The van der Waals surface area contributed by atoms with E-state index in [1.54, 1.807) is 14.1 Å². The first-order valence-electron chi connectivity index (χ1n) is 5.81. The van der Waals surface area contributed by atoms with Gasteiger partial charge in [-0.15, -0.1) is 0 Å². The number of nitrogens with zero attached hydrogens (tertiary/aromatic N) is 1. The van der Waals surface area contributed by atoms with Crippen molar-refractivity contribution >= 4 is 11.9 Å². The molecule has 0 aromatic heterocycles. The number of likely N-dealkylation sites (N-methyl/N-ethyl adjacent to an activating group) is 1. The molecule has 8 N–H and O–H groups in total. The average Bonchev–Trinajstić information content (AvgIpc) is 2.19. The van der Waals surface area contributed by atoms with Crippen molar-refractivity contribution in [1.82, 2.24) is 17.2 Å². The van der Waals surface area contributed by atoms with Gasteiger partial charge >= 0.3 is 0 Å². The maximum atomic E-state index is 10.6. The molecule has 0 spiro atoms. The van der Waals surface area contributed by atoms with Crippen molar-refractivity contribution in [3.63, 3.8) is 0 Å². The Morgan fingerprint density at radius 2 is 1.26 bits per heavy atom. The fourth-order valence-corrected chi connectivity index (χ4v) is 1.44. The summed E-state index contributed by atoms with van der Waals surface area (Å²) in [4.78, 5) is 21.8. The second-order valence-electron chi connectivity index (χ2n) is 4.24. The molecule has 118 valence electrons. The van der Waals surface area contributed by atoms with Gasteiger partial charge in [0.1, 0.15) is 0 Å². The van der Waals surface area contributed by atoms with Crippen molar-refractivity contribution in [2.45, 2.75) is 40.0 Å². The van der Waals surface area contributed by atoms with Gasteiger partial charge in [-0.1, -0.05) is 20.8 Å². The van der Waals surface area contributed by atoms with Gasteiger partial charge in [0, 0.05) is 17.9 Å². The molecule has 0 rings (SSSR count). The van der Waals surface area contributed by atoms with Crippen LogP contribution in [0.4, 0.5) is 0 Å². The first-order chi connectivity index (χ1) is 7.75. The molecular formula is C12H31N3O4. The zero-order chi connectivity index (χ0) is 14.1. The molecule has 0 aromatic carbocycles. The molecule has 0 amide bonds. The molecule has 0 atom stereocenters. The summed E-state index contributed by atoms with van der Waals surface area (Å²) < 4.78 is 0. The smallest absolute Gasteiger partial charge is 0.0554 e. The lowest BCUT2D eigenvalue weighted by Crippen LogP contribution is -2.41. The van der Waals surface area contributed by atoms with Crippen LogP contribution in [-0.4, -0.2) is 37.5 Å². The Labute approximate surface area is 116 Å². The van der Waals surface area contributed by atoms with Crippen molar-refractivity contribution in [1.29, 1.82) is 0 Å². The van der Waals surface area contributed by atoms with Crippen molar-refractivity contribution in [3.8, 4) is 0 Å². The fraction of sp³-hybridized carbons (Fsp3) is 0.833. The largest absolute Gasteiger partial charge is 0.550 e. The van der Waals surface area contributed by atoms with Crippen molar-refractivity contribution < 1.29 is 19.8 Å². The number of aliphatic carboxylic acids is 2. The third kappa shape index (κ3) is 11.6. The highest BCUT2D eigenvalue weighted by Crippen LogP contribution is 2.28. The van der Waals surface area contributed by atoms with Crippen LogP contribution in [0.3, 0.4) is 0 Å². The van der Waals surface area contributed by atoms with E-state index < -0.39 is 17.4 Å². The van der Waals surface area contributed by atoms with Gasteiger partial charge in [-0.05, 0) is 33.4 Å². The number of carbonyl (C=O) groups is 2. The summed E-state index contributed by atoms with van der Waals surface area (Å²) in [6.07, 6.45) is 2.01. The number of hydrogen-bond acceptors (Lipinski definition) is 5. The quantitative estimate of drug-likeness (QED) is 0.700. The minimum absolute atomic E-state index is 0. The lowest BCUT2D eigenvalue weighted by Gasteiger charge is -2.31. The highest BCUT2D eigenvalue weighted by atomic mass is 16.4. The highest BCUT2D eigenvalue weighted by molar-refractivity contribution is 5.72. The molecule has 7 heteroatoms. The van der Waals surface area contributed by atoms with Crippen molar-refractivity contribution in [2.24, 2.45) is 5.41 Å². The standard InChI is InChI=1S/C8H16O2.C4H9NO2.2H3N/c1-4-8(5-2,6-3)7(9)10;1-5(2)3-4(6)7;;/h4-6H2,1-3H3,(H,9,10);3H2,1-2H3,(H,6,7);2*1H3. The highest BCUT2D eigenvalue weighted by Gasteiger charge is 2.24. The third-order valence-electron chi connectivity index (χ3n) is 2.91. The Balaban J connectivity index is -0.000000112. The Bertz CT molecular complexity index is 233. The fourth-order valence-electron chi connectivity index (χ4n) is 1.44. The minimum atomic E-state index is -1.04. The van der Waals surface area contributed by atoms with Gasteiger partial charge in [0.05, 0.1) is 5.97 Å². The molecule has 0 aliphatic heterocycles. The molecule has 19 heavy (non-hydrogen) atoms. The molecule has 0 saturated heterocycles. The Kier molecular flexibility index (Phi) is 18.4. The summed E-state index contributed by atoms with van der Waals surface area (Å²) in [6.45, 7) is 5.68.